The maximum absolute atomic E-state index is 13.9. The maximum Gasteiger partial charge on any atom is 0.375 e. The quantitative estimate of drug-likeness (QED) is 0.149. The van der Waals surface area contributed by atoms with E-state index in [-0.39, 0.29) is 18.5 Å². The molecule has 0 radical (unpaired) electrons. The first-order valence-electron chi connectivity index (χ1n) is 9.44. The van der Waals surface area contributed by atoms with Gasteiger partial charge in [-0.05, 0) is 33.5 Å². The van der Waals surface area contributed by atoms with Crippen LogP contribution in [0.3, 0.4) is 0 Å². The molecule has 25 heavy (non-hydrogen) atoms. The van der Waals surface area contributed by atoms with Crippen molar-refractivity contribution in [2.24, 2.45) is 5.92 Å². The molecule has 0 heterocycles. The second-order valence-electron chi connectivity index (χ2n) is 6.80. The Kier molecular flexibility index (Phi) is 11.7. The zero-order chi connectivity index (χ0) is 19.6. The van der Waals surface area contributed by atoms with E-state index in [1.165, 1.54) is 0 Å². The molecule has 0 aliphatic heterocycles. The number of unbranched alkanes of at least 4 members (excludes halogenated alkanes) is 4. The summed E-state index contributed by atoms with van der Waals surface area (Å²) in [7, 11) is -1.47. The SMILES string of the molecule is CCCCCCC(F)(F)C(F)(F)C(F)(F)PCCC(CC)CCCC. The van der Waals surface area contributed by atoms with E-state index in [0.717, 1.165) is 32.1 Å². The largest absolute Gasteiger partial charge is 0.375 e. The summed E-state index contributed by atoms with van der Waals surface area (Å²) in [6.45, 7) is 5.80. The van der Waals surface area contributed by atoms with Crippen LogP contribution in [0.25, 0.3) is 0 Å². The first-order chi connectivity index (χ1) is 11.6. The molecule has 0 rings (SSSR count). The van der Waals surface area contributed by atoms with Crippen molar-refractivity contribution >= 4 is 8.58 Å². The van der Waals surface area contributed by atoms with Crippen molar-refractivity contribution in [2.45, 2.75) is 102 Å². The van der Waals surface area contributed by atoms with Crippen molar-refractivity contribution in [1.82, 2.24) is 0 Å². The van der Waals surface area contributed by atoms with Gasteiger partial charge in [-0.2, -0.15) is 26.3 Å². The van der Waals surface area contributed by atoms with Gasteiger partial charge in [-0.25, -0.2) is 0 Å². The Bertz CT molecular complexity index is 346. The number of hydrogen-bond donors (Lipinski definition) is 0. The predicted molar refractivity (Wildman–Crippen MR) is 94.7 cm³/mol. The molecule has 0 fully saturated rings. The summed E-state index contributed by atoms with van der Waals surface area (Å²) in [5.41, 5.74) is -4.65. The Balaban J connectivity index is 4.62. The lowest BCUT2D eigenvalue weighted by molar-refractivity contribution is -0.280. The Labute approximate surface area is 150 Å². The van der Waals surface area contributed by atoms with Crippen LogP contribution in [-0.2, 0) is 0 Å². The van der Waals surface area contributed by atoms with Gasteiger partial charge in [0.15, 0.2) is 0 Å². The van der Waals surface area contributed by atoms with Gasteiger partial charge in [0.2, 0.25) is 0 Å². The van der Waals surface area contributed by atoms with Crippen LogP contribution < -0.4 is 0 Å². The van der Waals surface area contributed by atoms with E-state index in [1.807, 2.05) is 20.8 Å². The second kappa shape index (κ2) is 11.7. The highest BCUT2D eigenvalue weighted by atomic mass is 31.1. The van der Waals surface area contributed by atoms with Crippen LogP contribution in [0, 0.1) is 5.92 Å². The summed E-state index contributed by atoms with van der Waals surface area (Å²) in [4.78, 5) is 0. The molecule has 2 unspecified atom stereocenters. The zero-order valence-corrected chi connectivity index (χ0v) is 16.6. The molecule has 0 aromatic heterocycles. The minimum absolute atomic E-state index is 0.128. The van der Waals surface area contributed by atoms with Crippen molar-refractivity contribution in [2.75, 3.05) is 6.16 Å². The summed E-state index contributed by atoms with van der Waals surface area (Å²) < 4.78 is 82.8. The molecule has 2 atom stereocenters. The van der Waals surface area contributed by atoms with Gasteiger partial charge in [-0.3, -0.25) is 0 Å². The molecule has 152 valence electrons. The smallest absolute Gasteiger partial charge is 0.200 e. The van der Waals surface area contributed by atoms with Crippen molar-refractivity contribution in [3.8, 4) is 0 Å². The minimum Gasteiger partial charge on any atom is -0.200 e. The average Bonchev–Trinajstić information content (AvgIpc) is 2.54. The van der Waals surface area contributed by atoms with Crippen LogP contribution in [0.4, 0.5) is 26.3 Å². The van der Waals surface area contributed by atoms with Gasteiger partial charge in [0, 0.05) is 6.42 Å². The van der Waals surface area contributed by atoms with E-state index in [0.29, 0.717) is 19.3 Å². The highest BCUT2D eigenvalue weighted by Crippen LogP contribution is 2.55. The number of rotatable bonds is 15. The molecule has 0 aromatic rings. The molecule has 0 aliphatic carbocycles. The molecule has 0 spiro atoms. The number of alkyl halides is 6. The van der Waals surface area contributed by atoms with E-state index in [2.05, 4.69) is 0 Å². The van der Waals surface area contributed by atoms with E-state index in [9.17, 15) is 26.3 Å². The summed E-state index contributed by atoms with van der Waals surface area (Å²) >= 11 is 0. The minimum atomic E-state index is -5.28. The summed E-state index contributed by atoms with van der Waals surface area (Å²) in [5, 5.41) is 0. The third-order valence-electron chi connectivity index (χ3n) is 4.64. The molecule has 0 amide bonds. The lowest BCUT2D eigenvalue weighted by Gasteiger charge is -2.33. The van der Waals surface area contributed by atoms with E-state index < -0.39 is 32.5 Å². The van der Waals surface area contributed by atoms with Crippen molar-refractivity contribution in [3.05, 3.63) is 0 Å². The van der Waals surface area contributed by atoms with E-state index >= 15 is 0 Å². The molecule has 0 aliphatic rings. The molecular formula is C18H33F6P. The molecular weight excluding hydrogens is 361 g/mol. The Morgan fingerprint density at radius 1 is 0.760 bits per heavy atom. The Morgan fingerprint density at radius 3 is 1.88 bits per heavy atom. The number of hydrogen-bond acceptors (Lipinski definition) is 0. The van der Waals surface area contributed by atoms with Crippen molar-refractivity contribution in [3.63, 3.8) is 0 Å². The summed E-state index contributed by atoms with van der Waals surface area (Å²) in [5.74, 6) is -9.74. The molecule has 0 nitrogen and oxygen atoms in total. The zero-order valence-electron chi connectivity index (χ0n) is 15.6. The predicted octanol–water partition coefficient (Wildman–Crippen LogP) is 8.11. The van der Waals surface area contributed by atoms with Gasteiger partial charge in [0.05, 0.1) is 0 Å². The van der Waals surface area contributed by atoms with Gasteiger partial charge in [-0.1, -0.05) is 65.7 Å². The van der Waals surface area contributed by atoms with Crippen LogP contribution in [0.5, 0.6) is 0 Å². The topological polar surface area (TPSA) is 0 Å². The molecule has 0 bridgehead atoms. The van der Waals surface area contributed by atoms with Crippen molar-refractivity contribution < 1.29 is 26.3 Å². The fraction of sp³-hybridized carbons (Fsp3) is 1.00. The molecule has 0 aromatic carbocycles. The van der Waals surface area contributed by atoms with Gasteiger partial charge >= 0.3 is 17.5 Å². The third kappa shape index (κ3) is 8.05. The average molecular weight is 394 g/mol. The van der Waals surface area contributed by atoms with Gasteiger partial charge in [0.25, 0.3) is 0 Å². The van der Waals surface area contributed by atoms with Gasteiger partial charge in [0.1, 0.15) is 0 Å². The molecule has 0 saturated heterocycles. The first-order valence-corrected chi connectivity index (χ1v) is 10.6. The molecule has 0 saturated carbocycles. The highest BCUT2D eigenvalue weighted by Gasteiger charge is 2.70. The number of halogens is 6. The second-order valence-corrected chi connectivity index (χ2v) is 8.28. The Hall–Kier alpha value is 0.01000. The fourth-order valence-corrected chi connectivity index (χ4v) is 4.02. The van der Waals surface area contributed by atoms with Gasteiger partial charge < -0.3 is 0 Å². The van der Waals surface area contributed by atoms with Crippen LogP contribution in [0.15, 0.2) is 0 Å². The van der Waals surface area contributed by atoms with Crippen LogP contribution in [-0.4, -0.2) is 23.7 Å². The summed E-state index contributed by atoms with van der Waals surface area (Å²) in [6, 6.07) is 0. The van der Waals surface area contributed by atoms with Crippen LogP contribution in [0.2, 0.25) is 0 Å². The lowest BCUT2D eigenvalue weighted by atomic mass is 9.97. The first kappa shape index (κ1) is 25.0. The fourth-order valence-electron chi connectivity index (χ4n) is 2.75. The van der Waals surface area contributed by atoms with E-state index in [4.69, 9.17) is 0 Å². The summed E-state index contributed by atoms with van der Waals surface area (Å²) in [6.07, 6.45) is 4.27. The molecule has 7 heteroatoms. The van der Waals surface area contributed by atoms with Crippen LogP contribution >= 0.6 is 8.58 Å². The molecule has 0 N–H and O–H groups in total. The third-order valence-corrected chi connectivity index (χ3v) is 5.94. The normalized spacial score (nSPS) is 15.2. The van der Waals surface area contributed by atoms with E-state index in [1.54, 1.807) is 0 Å². The van der Waals surface area contributed by atoms with Gasteiger partial charge in [-0.15, -0.1) is 0 Å². The standard InChI is InChI=1S/C18H33F6P/c1-4-7-9-10-13-16(19,20)17(21,22)18(23,24)25-14-12-15(6-3)11-8-5-2/h15,25H,4-14H2,1-3H3. The lowest BCUT2D eigenvalue weighted by Crippen LogP contribution is -2.52. The Morgan fingerprint density at radius 2 is 1.36 bits per heavy atom. The highest BCUT2D eigenvalue weighted by molar-refractivity contribution is 7.39. The van der Waals surface area contributed by atoms with Crippen LogP contribution in [0.1, 0.15) is 85.0 Å². The monoisotopic (exact) mass is 394 g/mol. The van der Waals surface area contributed by atoms with Crippen molar-refractivity contribution in [1.29, 1.82) is 0 Å². The maximum atomic E-state index is 13.9.